The van der Waals surface area contributed by atoms with Gasteiger partial charge in [0.15, 0.2) is 5.82 Å². The molecule has 3 rings (SSSR count). The molecule has 0 radical (unpaired) electrons. The van der Waals surface area contributed by atoms with Gasteiger partial charge in [-0.25, -0.2) is 4.98 Å². The molecule has 9 nitrogen and oxygen atoms in total. The summed E-state index contributed by atoms with van der Waals surface area (Å²) >= 11 is 0. The van der Waals surface area contributed by atoms with E-state index in [-0.39, 0.29) is 5.69 Å². The Hall–Kier alpha value is -2.55. The van der Waals surface area contributed by atoms with Crippen LogP contribution in [0.25, 0.3) is 0 Å². The Kier molecular flexibility index (Phi) is 3.96. The molecule has 9 heteroatoms. The van der Waals surface area contributed by atoms with Crippen LogP contribution in [0, 0.1) is 17.0 Å². The van der Waals surface area contributed by atoms with Crippen molar-refractivity contribution in [2.45, 2.75) is 13.5 Å². The van der Waals surface area contributed by atoms with E-state index in [2.05, 4.69) is 24.9 Å². The van der Waals surface area contributed by atoms with Gasteiger partial charge in [-0.2, -0.15) is 4.98 Å². The van der Waals surface area contributed by atoms with Crippen molar-refractivity contribution in [2.75, 3.05) is 31.1 Å². The van der Waals surface area contributed by atoms with Crippen LogP contribution >= 0.6 is 0 Å². The van der Waals surface area contributed by atoms with Gasteiger partial charge in [0.25, 0.3) is 5.69 Å². The fraction of sp³-hybridized carbons (Fsp3) is 0.462. The number of piperazine rings is 1. The first-order valence-electron chi connectivity index (χ1n) is 6.99. The van der Waals surface area contributed by atoms with Gasteiger partial charge in [-0.05, 0) is 13.0 Å². The van der Waals surface area contributed by atoms with Gasteiger partial charge in [0.2, 0.25) is 5.89 Å². The van der Waals surface area contributed by atoms with Crippen LogP contribution in [0.1, 0.15) is 11.7 Å². The third kappa shape index (κ3) is 3.19. The molecule has 1 aliphatic rings. The minimum atomic E-state index is -0.443. The van der Waals surface area contributed by atoms with Gasteiger partial charge in [0.05, 0.1) is 11.5 Å². The molecule has 116 valence electrons. The van der Waals surface area contributed by atoms with Crippen molar-refractivity contribution >= 4 is 11.5 Å². The molecule has 2 aromatic rings. The molecule has 2 aromatic heterocycles. The van der Waals surface area contributed by atoms with Gasteiger partial charge in [0.1, 0.15) is 12.0 Å². The Balaban J connectivity index is 1.56. The average Bonchev–Trinajstić information content (AvgIpc) is 2.93. The van der Waals surface area contributed by atoms with Gasteiger partial charge >= 0.3 is 0 Å². The third-order valence-electron chi connectivity index (χ3n) is 3.57. The van der Waals surface area contributed by atoms with Crippen molar-refractivity contribution in [2.24, 2.45) is 0 Å². The fourth-order valence-electron chi connectivity index (χ4n) is 2.40. The summed E-state index contributed by atoms with van der Waals surface area (Å²) in [5.74, 6) is 2.03. The molecule has 1 fully saturated rings. The van der Waals surface area contributed by atoms with Crippen LogP contribution in [0.15, 0.2) is 22.9 Å². The van der Waals surface area contributed by atoms with Crippen molar-refractivity contribution in [3.8, 4) is 0 Å². The summed E-state index contributed by atoms with van der Waals surface area (Å²) in [5, 5.41) is 14.4. The summed E-state index contributed by atoms with van der Waals surface area (Å²) in [6, 6.07) is 3.17. The van der Waals surface area contributed by atoms with Crippen molar-refractivity contribution in [3.63, 3.8) is 0 Å². The van der Waals surface area contributed by atoms with Crippen LogP contribution in [0.5, 0.6) is 0 Å². The predicted octanol–water partition coefficient (Wildman–Crippen LogP) is 1.00. The van der Waals surface area contributed by atoms with E-state index in [1.165, 1.54) is 12.3 Å². The molecule has 0 amide bonds. The van der Waals surface area contributed by atoms with Crippen LogP contribution in [0.2, 0.25) is 0 Å². The molecule has 0 saturated carbocycles. The minimum Gasteiger partial charge on any atom is -0.354 e. The summed E-state index contributed by atoms with van der Waals surface area (Å²) in [4.78, 5) is 22.9. The van der Waals surface area contributed by atoms with Crippen LogP contribution < -0.4 is 4.90 Å². The topological polar surface area (TPSA) is 101 Å². The standard InChI is InChI=1S/C13H16N6O3/c1-10-15-13(22-16-10)9-17-4-6-18(7-5-17)12-3-2-11(8-14-12)19(20)21/h2-3,8H,4-7,9H2,1H3. The first kappa shape index (κ1) is 14.4. The molecule has 1 aliphatic heterocycles. The summed E-state index contributed by atoms with van der Waals surface area (Å²) in [7, 11) is 0. The largest absolute Gasteiger partial charge is 0.354 e. The Morgan fingerprint density at radius 1 is 1.32 bits per heavy atom. The monoisotopic (exact) mass is 304 g/mol. The van der Waals surface area contributed by atoms with Gasteiger partial charge in [-0.1, -0.05) is 5.16 Å². The maximum absolute atomic E-state index is 10.6. The lowest BCUT2D eigenvalue weighted by Gasteiger charge is -2.34. The first-order valence-corrected chi connectivity index (χ1v) is 6.99. The molecule has 0 unspecified atom stereocenters. The molecule has 22 heavy (non-hydrogen) atoms. The predicted molar refractivity (Wildman–Crippen MR) is 77.4 cm³/mol. The zero-order chi connectivity index (χ0) is 15.5. The third-order valence-corrected chi connectivity index (χ3v) is 3.57. The van der Waals surface area contributed by atoms with Crippen LogP contribution in [-0.2, 0) is 6.54 Å². The molecule has 3 heterocycles. The Morgan fingerprint density at radius 3 is 2.64 bits per heavy atom. The fourth-order valence-corrected chi connectivity index (χ4v) is 2.40. The molecule has 0 aromatic carbocycles. The maximum Gasteiger partial charge on any atom is 0.287 e. The van der Waals surface area contributed by atoms with Crippen molar-refractivity contribution in [3.05, 3.63) is 40.2 Å². The average molecular weight is 304 g/mol. The second kappa shape index (κ2) is 6.06. The van der Waals surface area contributed by atoms with Gasteiger partial charge < -0.3 is 9.42 Å². The summed E-state index contributed by atoms with van der Waals surface area (Å²) < 4.78 is 5.12. The van der Waals surface area contributed by atoms with Gasteiger partial charge in [-0.3, -0.25) is 15.0 Å². The number of hydrogen-bond acceptors (Lipinski definition) is 8. The van der Waals surface area contributed by atoms with Gasteiger partial charge in [0, 0.05) is 32.2 Å². The Bertz CT molecular complexity index is 648. The van der Waals surface area contributed by atoms with E-state index >= 15 is 0 Å². The van der Waals surface area contributed by atoms with Crippen LogP contribution in [0.3, 0.4) is 0 Å². The summed E-state index contributed by atoms with van der Waals surface area (Å²) in [6.45, 7) is 5.74. The number of nitro groups is 1. The molecular weight excluding hydrogens is 288 g/mol. The highest BCUT2D eigenvalue weighted by atomic mass is 16.6. The molecule has 0 N–H and O–H groups in total. The number of hydrogen-bond donors (Lipinski definition) is 0. The van der Waals surface area contributed by atoms with E-state index in [1.807, 2.05) is 0 Å². The highest BCUT2D eigenvalue weighted by Crippen LogP contribution is 2.17. The molecular formula is C13H16N6O3. The summed E-state index contributed by atoms with van der Waals surface area (Å²) in [6.07, 6.45) is 1.29. The minimum absolute atomic E-state index is 0.00847. The van der Waals surface area contributed by atoms with Crippen LogP contribution in [-0.4, -0.2) is 51.1 Å². The lowest BCUT2D eigenvalue weighted by Crippen LogP contribution is -2.46. The second-order valence-corrected chi connectivity index (χ2v) is 5.13. The first-order chi connectivity index (χ1) is 10.6. The number of aromatic nitrogens is 3. The molecule has 0 atom stereocenters. The van der Waals surface area contributed by atoms with Crippen LogP contribution in [0.4, 0.5) is 11.5 Å². The number of aryl methyl sites for hydroxylation is 1. The highest BCUT2D eigenvalue weighted by Gasteiger charge is 2.20. The second-order valence-electron chi connectivity index (χ2n) is 5.13. The van der Waals surface area contributed by atoms with Crippen molar-refractivity contribution in [1.29, 1.82) is 0 Å². The van der Waals surface area contributed by atoms with Crippen molar-refractivity contribution in [1.82, 2.24) is 20.0 Å². The highest BCUT2D eigenvalue weighted by molar-refractivity contribution is 5.43. The number of rotatable bonds is 4. The number of pyridine rings is 1. The van der Waals surface area contributed by atoms with Crippen molar-refractivity contribution < 1.29 is 9.45 Å². The van der Waals surface area contributed by atoms with E-state index in [0.29, 0.717) is 18.3 Å². The number of anilines is 1. The number of nitrogens with zero attached hydrogens (tertiary/aromatic N) is 6. The molecule has 0 aliphatic carbocycles. The zero-order valence-corrected chi connectivity index (χ0v) is 12.2. The molecule has 0 spiro atoms. The quantitative estimate of drug-likeness (QED) is 0.609. The zero-order valence-electron chi connectivity index (χ0n) is 12.2. The molecule has 0 bridgehead atoms. The normalized spacial score (nSPS) is 16.0. The van der Waals surface area contributed by atoms with E-state index in [9.17, 15) is 10.1 Å². The summed E-state index contributed by atoms with van der Waals surface area (Å²) in [5.41, 5.74) is 0.00847. The lowest BCUT2D eigenvalue weighted by molar-refractivity contribution is -0.385. The molecule has 1 saturated heterocycles. The van der Waals surface area contributed by atoms with E-state index in [1.54, 1.807) is 13.0 Å². The van der Waals surface area contributed by atoms with E-state index in [4.69, 9.17) is 4.52 Å². The van der Waals surface area contributed by atoms with Gasteiger partial charge in [-0.15, -0.1) is 0 Å². The van der Waals surface area contributed by atoms with E-state index in [0.717, 1.165) is 32.0 Å². The smallest absolute Gasteiger partial charge is 0.287 e. The Morgan fingerprint density at radius 2 is 2.09 bits per heavy atom. The SMILES string of the molecule is Cc1noc(CN2CCN(c3ccc([N+](=O)[O-])cn3)CC2)n1. The maximum atomic E-state index is 10.6. The Labute approximate surface area is 126 Å². The van der Waals surface area contributed by atoms with E-state index < -0.39 is 4.92 Å². The lowest BCUT2D eigenvalue weighted by atomic mass is 10.3.